The van der Waals surface area contributed by atoms with Gasteiger partial charge in [-0.25, -0.2) is 0 Å². The summed E-state index contributed by atoms with van der Waals surface area (Å²) in [7, 11) is 1.37. The number of hydrogen-bond donors (Lipinski definition) is 1. The molecule has 5 rings (SSSR count). The van der Waals surface area contributed by atoms with Crippen molar-refractivity contribution in [3.05, 3.63) is 179 Å². The van der Waals surface area contributed by atoms with Crippen LogP contribution in [0.5, 0.6) is 0 Å². The fraction of sp³-hybridized carbons (Fsp3) is 0.132. The Balaban J connectivity index is 1.62. The van der Waals surface area contributed by atoms with Crippen molar-refractivity contribution in [2.45, 2.75) is 24.0 Å². The first-order chi connectivity index (χ1) is 21.2. The zero-order valence-corrected chi connectivity index (χ0v) is 24.0. The van der Waals surface area contributed by atoms with Gasteiger partial charge >= 0.3 is 5.97 Å². The smallest absolute Gasteiger partial charge is 0.323 e. The van der Waals surface area contributed by atoms with Crippen LogP contribution >= 0.6 is 0 Å². The zero-order valence-electron chi connectivity index (χ0n) is 24.0. The zero-order chi connectivity index (χ0) is 29.9. The maximum Gasteiger partial charge on any atom is 0.323 e. The molecule has 43 heavy (non-hydrogen) atoms. The van der Waals surface area contributed by atoms with Crippen LogP contribution in [0.25, 0.3) is 0 Å². The summed E-state index contributed by atoms with van der Waals surface area (Å²) in [4.78, 5) is 18.5. The first-order valence-electron chi connectivity index (χ1n) is 14.3. The van der Waals surface area contributed by atoms with Crippen molar-refractivity contribution in [3.8, 4) is 6.07 Å². The highest BCUT2D eigenvalue weighted by molar-refractivity contribution is 6.13. The third-order valence-electron chi connectivity index (χ3n) is 7.48. The largest absolute Gasteiger partial charge is 0.468 e. The molecule has 5 nitrogen and oxygen atoms in total. The van der Waals surface area contributed by atoms with Crippen molar-refractivity contribution in [2.24, 2.45) is 4.99 Å². The molecule has 0 bridgehead atoms. The molecule has 212 valence electrons. The molecule has 0 heterocycles. The van der Waals surface area contributed by atoms with E-state index >= 15 is 0 Å². The highest BCUT2D eigenvalue weighted by atomic mass is 16.5. The minimum atomic E-state index is -0.923. The molecular formula is C38H33N3O2. The Morgan fingerprint density at radius 3 is 1.42 bits per heavy atom. The van der Waals surface area contributed by atoms with E-state index in [1.165, 1.54) is 7.11 Å². The van der Waals surface area contributed by atoms with E-state index < -0.39 is 23.6 Å². The predicted octanol–water partition coefficient (Wildman–Crippen LogP) is 6.93. The molecule has 0 fully saturated rings. The van der Waals surface area contributed by atoms with E-state index in [1.54, 1.807) is 0 Å². The lowest BCUT2D eigenvalue weighted by Gasteiger charge is -2.39. The van der Waals surface area contributed by atoms with Gasteiger partial charge in [-0.15, -0.1) is 0 Å². The number of rotatable bonds is 11. The Hall–Kier alpha value is -5.31. The van der Waals surface area contributed by atoms with Crippen molar-refractivity contribution in [1.82, 2.24) is 5.32 Å². The summed E-state index contributed by atoms with van der Waals surface area (Å²) in [6, 6.07) is 50.3. The maximum atomic E-state index is 13.5. The molecule has 1 N–H and O–H groups in total. The SMILES string of the molecule is COC(=O)[C@H](CC(C#N)N=C(c1ccccc1)c1ccccc1)NC(c1ccccc1)(c1ccccc1)c1ccccc1. The van der Waals surface area contributed by atoms with Gasteiger partial charge < -0.3 is 4.74 Å². The topological polar surface area (TPSA) is 74.5 Å². The number of hydrogen-bond acceptors (Lipinski definition) is 5. The summed E-state index contributed by atoms with van der Waals surface area (Å²) in [5.74, 6) is -0.469. The van der Waals surface area contributed by atoms with E-state index in [0.29, 0.717) is 5.71 Å². The van der Waals surface area contributed by atoms with Gasteiger partial charge in [0.1, 0.15) is 12.1 Å². The van der Waals surface area contributed by atoms with Gasteiger partial charge in [-0.1, -0.05) is 152 Å². The van der Waals surface area contributed by atoms with E-state index in [9.17, 15) is 10.1 Å². The number of methoxy groups -OCH3 is 1. The minimum Gasteiger partial charge on any atom is -0.468 e. The highest BCUT2D eigenvalue weighted by Crippen LogP contribution is 2.37. The Kier molecular flexibility index (Phi) is 9.53. The lowest BCUT2D eigenvalue weighted by molar-refractivity contribution is -0.143. The molecule has 5 aromatic rings. The monoisotopic (exact) mass is 563 g/mol. The Morgan fingerprint density at radius 2 is 1.07 bits per heavy atom. The Bertz CT molecular complexity index is 1530. The predicted molar refractivity (Wildman–Crippen MR) is 171 cm³/mol. The van der Waals surface area contributed by atoms with Crippen LogP contribution in [0.2, 0.25) is 0 Å². The number of carbonyl (C=O) groups excluding carboxylic acids is 1. The van der Waals surface area contributed by atoms with Crippen LogP contribution < -0.4 is 5.32 Å². The summed E-state index contributed by atoms with van der Waals surface area (Å²) in [5.41, 5.74) is 4.41. The number of aliphatic imine (C=N–C) groups is 1. The summed E-state index contributed by atoms with van der Waals surface area (Å²) in [6.07, 6.45) is 0.0978. The molecule has 0 aliphatic rings. The number of nitriles is 1. The summed E-state index contributed by atoms with van der Waals surface area (Å²) in [5, 5.41) is 14.1. The third-order valence-corrected chi connectivity index (χ3v) is 7.48. The van der Waals surface area contributed by atoms with E-state index in [0.717, 1.165) is 27.8 Å². The van der Waals surface area contributed by atoms with Gasteiger partial charge in [0.05, 0.1) is 24.4 Å². The van der Waals surface area contributed by atoms with Crippen molar-refractivity contribution in [1.29, 1.82) is 5.26 Å². The lowest BCUT2D eigenvalue weighted by Crippen LogP contribution is -2.53. The molecule has 1 unspecified atom stereocenters. The van der Waals surface area contributed by atoms with Crippen LogP contribution in [0.1, 0.15) is 34.2 Å². The second-order valence-corrected chi connectivity index (χ2v) is 10.2. The van der Waals surface area contributed by atoms with Gasteiger partial charge in [-0.3, -0.25) is 15.1 Å². The second-order valence-electron chi connectivity index (χ2n) is 10.2. The average Bonchev–Trinajstić information content (AvgIpc) is 3.09. The number of carbonyl (C=O) groups is 1. The van der Waals surface area contributed by atoms with Crippen LogP contribution in [0.15, 0.2) is 157 Å². The first kappa shape index (κ1) is 29.2. The molecule has 5 heteroatoms. The van der Waals surface area contributed by atoms with Gasteiger partial charge in [-0.05, 0) is 16.7 Å². The lowest BCUT2D eigenvalue weighted by atomic mass is 9.76. The average molecular weight is 564 g/mol. The van der Waals surface area contributed by atoms with E-state index in [2.05, 4.69) is 11.4 Å². The third kappa shape index (κ3) is 6.62. The summed E-state index contributed by atoms with van der Waals surface area (Å²) in [6.45, 7) is 0. The van der Waals surface area contributed by atoms with Gasteiger partial charge in [0.15, 0.2) is 0 Å². The number of benzene rings is 5. The molecule has 5 aromatic carbocycles. The van der Waals surface area contributed by atoms with Crippen molar-refractivity contribution in [3.63, 3.8) is 0 Å². The molecule has 0 aromatic heterocycles. The molecule has 0 amide bonds. The molecule has 0 spiro atoms. The standard InChI is InChI=1S/C38H33N3O2/c1-43-37(42)35(27-34(28-39)40-36(29-17-7-2-8-18-29)30-19-9-3-10-20-30)41-38(31-21-11-4-12-22-31,32-23-13-5-14-24-32)33-25-15-6-16-26-33/h2-26,34-35,41H,27H2,1H3/t34?,35-/m0/s1. The van der Waals surface area contributed by atoms with Crippen molar-refractivity contribution in [2.75, 3.05) is 7.11 Å². The number of nitrogens with one attached hydrogen (secondary N) is 1. The fourth-order valence-corrected chi connectivity index (χ4v) is 5.45. The second kappa shape index (κ2) is 14.0. The highest BCUT2D eigenvalue weighted by Gasteiger charge is 2.40. The maximum absolute atomic E-state index is 13.5. The van der Waals surface area contributed by atoms with Crippen LogP contribution in [0.3, 0.4) is 0 Å². The molecule has 0 aliphatic carbocycles. The van der Waals surface area contributed by atoms with Gasteiger partial charge in [0.25, 0.3) is 0 Å². The summed E-state index contributed by atoms with van der Waals surface area (Å²) >= 11 is 0. The minimum absolute atomic E-state index is 0.0978. The van der Waals surface area contributed by atoms with E-state index in [4.69, 9.17) is 9.73 Å². The number of nitrogens with zero attached hydrogens (tertiary/aromatic N) is 2. The van der Waals surface area contributed by atoms with Crippen molar-refractivity contribution < 1.29 is 9.53 Å². The molecular weight excluding hydrogens is 530 g/mol. The van der Waals surface area contributed by atoms with Crippen LogP contribution in [0, 0.1) is 11.3 Å². The number of ether oxygens (including phenoxy) is 1. The van der Waals surface area contributed by atoms with Crippen molar-refractivity contribution >= 4 is 11.7 Å². The summed E-state index contributed by atoms with van der Waals surface area (Å²) < 4.78 is 5.33. The molecule has 0 saturated heterocycles. The van der Waals surface area contributed by atoms with Gasteiger partial charge in [0.2, 0.25) is 0 Å². The quantitative estimate of drug-likeness (QED) is 0.107. The first-order valence-corrected chi connectivity index (χ1v) is 14.3. The normalized spacial score (nSPS) is 12.4. The van der Waals surface area contributed by atoms with E-state index in [-0.39, 0.29) is 6.42 Å². The van der Waals surface area contributed by atoms with Gasteiger partial charge in [-0.2, -0.15) is 5.26 Å². The van der Waals surface area contributed by atoms with E-state index in [1.807, 2.05) is 152 Å². The number of esters is 1. The van der Waals surface area contributed by atoms with Crippen LogP contribution in [-0.4, -0.2) is 30.9 Å². The van der Waals surface area contributed by atoms with Gasteiger partial charge in [0, 0.05) is 17.5 Å². The van der Waals surface area contributed by atoms with Crippen LogP contribution in [-0.2, 0) is 15.1 Å². The molecule has 0 saturated carbocycles. The fourth-order valence-electron chi connectivity index (χ4n) is 5.45. The van der Waals surface area contributed by atoms with Crippen LogP contribution in [0.4, 0.5) is 0 Å². The Morgan fingerprint density at radius 1 is 0.698 bits per heavy atom. The Labute approximate surface area is 253 Å². The molecule has 0 aliphatic heterocycles. The molecule has 2 atom stereocenters. The molecule has 0 radical (unpaired) electrons.